The Morgan fingerprint density at radius 3 is 2.61 bits per heavy atom. The van der Waals surface area contributed by atoms with Crippen LogP contribution in [0.25, 0.3) is 0 Å². The van der Waals surface area contributed by atoms with E-state index < -0.39 is 6.10 Å². The highest BCUT2D eigenvalue weighted by atomic mass is 79.9. The van der Waals surface area contributed by atoms with Gasteiger partial charge in [0.25, 0.3) is 0 Å². The Labute approximate surface area is 118 Å². The Hall–Kier alpha value is -0.540. The molecule has 3 heteroatoms. The normalized spacial score (nSPS) is 17.3. The lowest BCUT2D eigenvalue weighted by Crippen LogP contribution is -2.32. The maximum atomic E-state index is 9.59. The van der Waals surface area contributed by atoms with Crippen molar-refractivity contribution in [3.05, 3.63) is 28.2 Å². The van der Waals surface area contributed by atoms with E-state index in [0.717, 1.165) is 29.0 Å². The van der Waals surface area contributed by atoms with Crippen LogP contribution < -0.4 is 4.90 Å². The SMILES string of the molecule is CCN(CC1CCC1)c1ccc([C@H](C)O)cc1Br. The second kappa shape index (κ2) is 6.07. The van der Waals surface area contributed by atoms with Crippen LogP contribution in [0.5, 0.6) is 0 Å². The molecular formula is C15H22BrNO. The lowest BCUT2D eigenvalue weighted by atomic mass is 9.85. The van der Waals surface area contributed by atoms with Crippen LogP contribution in [0.15, 0.2) is 22.7 Å². The average molecular weight is 312 g/mol. The minimum absolute atomic E-state index is 0.406. The van der Waals surface area contributed by atoms with Gasteiger partial charge in [0, 0.05) is 17.6 Å². The van der Waals surface area contributed by atoms with Crippen molar-refractivity contribution in [3.63, 3.8) is 0 Å². The van der Waals surface area contributed by atoms with E-state index in [0.29, 0.717) is 0 Å². The van der Waals surface area contributed by atoms with Crippen LogP contribution in [0.2, 0.25) is 0 Å². The Balaban J connectivity index is 2.14. The number of halogens is 1. The molecule has 1 aliphatic rings. The topological polar surface area (TPSA) is 23.5 Å². The first-order valence-electron chi connectivity index (χ1n) is 6.84. The van der Waals surface area contributed by atoms with Gasteiger partial charge in [-0.2, -0.15) is 0 Å². The average Bonchev–Trinajstić information content (AvgIpc) is 2.29. The molecule has 0 aromatic heterocycles. The summed E-state index contributed by atoms with van der Waals surface area (Å²) in [4.78, 5) is 2.43. The fourth-order valence-corrected chi connectivity index (χ4v) is 3.07. The van der Waals surface area contributed by atoms with Crippen LogP contribution in [0.4, 0.5) is 5.69 Å². The van der Waals surface area contributed by atoms with Gasteiger partial charge in [0.15, 0.2) is 0 Å². The zero-order valence-electron chi connectivity index (χ0n) is 11.2. The highest BCUT2D eigenvalue weighted by Crippen LogP contribution is 2.33. The van der Waals surface area contributed by atoms with Crippen molar-refractivity contribution in [2.45, 2.75) is 39.2 Å². The third-order valence-electron chi connectivity index (χ3n) is 3.88. The van der Waals surface area contributed by atoms with E-state index >= 15 is 0 Å². The van der Waals surface area contributed by atoms with Gasteiger partial charge in [-0.25, -0.2) is 0 Å². The maximum Gasteiger partial charge on any atom is 0.0762 e. The standard InChI is InChI=1S/C15H22BrNO/c1-3-17(10-12-5-4-6-12)15-8-7-13(11(2)18)9-14(15)16/h7-9,11-12,18H,3-6,10H2,1-2H3/t11-/m0/s1. The molecule has 0 saturated heterocycles. The third kappa shape index (κ3) is 3.07. The number of aliphatic hydroxyl groups is 1. The second-order valence-electron chi connectivity index (χ2n) is 5.22. The molecule has 0 spiro atoms. The van der Waals surface area contributed by atoms with Crippen LogP contribution in [0.3, 0.4) is 0 Å². The van der Waals surface area contributed by atoms with Crippen molar-refractivity contribution in [3.8, 4) is 0 Å². The molecule has 1 atom stereocenters. The van der Waals surface area contributed by atoms with Gasteiger partial charge < -0.3 is 10.0 Å². The highest BCUT2D eigenvalue weighted by Gasteiger charge is 2.21. The van der Waals surface area contributed by atoms with Crippen LogP contribution in [-0.4, -0.2) is 18.2 Å². The van der Waals surface area contributed by atoms with E-state index in [1.54, 1.807) is 6.92 Å². The van der Waals surface area contributed by atoms with E-state index in [1.165, 1.54) is 24.9 Å². The minimum atomic E-state index is -0.406. The molecule has 1 N–H and O–H groups in total. The van der Waals surface area contributed by atoms with Crippen LogP contribution >= 0.6 is 15.9 Å². The van der Waals surface area contributed by atoms with Gasteiger partial charge in [0.05, 0.1) is 11.8 Å². The van der Waals surface area contributed by atoms with E-state index in [-0.39, 0.29) is 0 Å². The Kier molecular flexibility index (Phi) is 4.68. The molecule has 18 heavy (non-hydrogen) atoms. The Morgan fingerprint density at radius 2 is 2.17 bits per heavy atom. The van der Waals surface area contributed by atoms with E-state index in [1.807, 2.05) is 12.1 Å². The van der Waals surface area contributed by atoms with Gasteiger partial charge in [0.2, 0.25) is 0 Å². The summed E-state index contributed by atoms with van der Waals surface area (Å²) in [5.74, 6) is 0.869. The first-order chi connectivity index (χ1) is 8.61. The third-order valence-corrected chi connectivity index (χ3v) is 4.52. The monoisotopic (exact) mass is 311 g/mol. The lowest BCUT2D eigenvalue weighted by Gasteiger charge is -2.33. The van der Waals surface area contributed by atoms with Crippen molar-refractivity contribution in [2.24, 2.45) is 5.92 Å². The molecule has 0 amide bonds. The number of hydrogen-bond acceptors (Lipinski definition) is 2. The Bertz CT molecular complexity index is 401. The summed E-state index contributed by atoms with van der Waals surface area (Å²) in [6.07, 6.45) is 3.74. The number of nitrogens with zero attached hydrogens (tertiary/aromatic N) is 1. The molecule has 1 aromatic carbocycles. The summed E-state index contributed by atoms with van der Waals surface area (Å²) in [5, 5.41) is 9.59. The molecule has 1 fully saturated rings. The largest absolute Gasteiger partial charge is 0.389 e. The molecule has 0 bridgehead atoms. The molecule has 0 aliphatic heterocycles. The molecular weight excluding hydrogens is 290 g/mol. The molecule has 1 saturated carbocycles. The quantitative estimate of drug-likeness (QED) is 0.884. The molecule has 100 valence electrons. The van der Waals surface area contributed by atoms with E-state index in [4.69, 9.17) is 0 Å². The van der Waals surface area contributed by atoms with Gasteiger partial charge in [0.1, 0.15) is 0 Å². The summed E-state index contributed by atoms with van der Waals surface area (Å²) in [6.45, 7) is 6.19. The number of benzene rings is 1. The smallest absolute Gasteiger partial charge is 0.0762 e. The lowest BCUT2D eigenvalue weighted by molar-refractivity contribution is 0.199. The summed E-state index contributed by atoms with van der Waals surface area (Å²) < 4.78 is 1.09. The Morgan fingerprint density at radius 1 is 1.44 bits per heavy atom. The molecule has 0 heterocycles. The number of aliphatic hydroxyl groups excluding tert-OH is 1. The van der Waals surface area contributed by atoms with Crippen LogP contribution in [0.1, 0.15) is 44.8 Å². The van der Waals surface area contributed by atoms with Gasteiger partial charge >= 0.3 is 0 Å². The minimum Gasteiger partial charge on any atom is -0.389 e. The molecule has 0 unspecified atom stereocenters. The zero-order chi connectivity index (χ0) is 13.1. The van der Waals surface area contributed by atoms with E-state index in [2.05, 4.69) is 33.8 Å². The maximum absolute atomic E-state index is 9.59. The van der Waals surface area contributed by atoms with Crippen molar-refractivity contribution in [1.29, 1.82) is 0 Å². The van der Waals surface area contributed by atoms with Crippen molar-refractivity contribution in [1.82, 2.24) is 0 Å². The van der Waals surface area contributed by atoms with Gasteiger partial charge in [-0.15, -0.1) is 0 Å². The van der Waals surface area contributed by atoms with Crippen molar-refractivity contribution >= 4 is 21.6 Å². The fourth-order valence-electron chi connectivity index (χ4n) is 2.42. The predicted molar refractivity (Wildman–Crippen MR) is 80.0 cm³/mol. The molecule has 1 aromatic rings. The van der Waals surface area contributed by atoms with Gasteiger partial charge in [-0.05, 0) is 66.2 Å². The first-order valence-corrected chi connectivity index (χ1v) is 7.63. The van der Waals surface area contributed by atoms with E-state index in [9.17, 15) is 5.11 Å². The second-order valence-corrected chi connectivity index (χ2v) is 6.08. The zero-order valence-corrected chi connectivity index (χ0v) is 12.8. The molecule has 1 aliphatic carbocycles. The summed E-state index contributed by atoms with van der Waals surface area (Å²) in [6, 6.07) is 6.17. The molecule has 2 rings (SSSR count). The highest BCUT2D eigenvalue weighted by molar-refractivity contribution is 9.10. The number of hydrogen-bond donors (Lipinski definition) is 1. The molecule has 2 nitrogen and oxygen atoms in total. The summed E-state index contributed by atoms with van der Waals surface area (Å²) in [7, 11) is 0. The van der Waals surface area contributed by atoms with Crippen molar-refractivity contribution in [2.75, 3.05) is 18.0 Å². The number of anilines is 1. The summed E-state index contributed by atoms with van der Waals surface area (Å²) >= 11 is 3.63. The first kappa shape index (κ1) is 13.9. The predicted octanol–water partition coefficient (Wildman–Crippen LogP) is 4.13. The van der Waals surface area contributed by atoms with Gasteiger partial charge in [-0.3, -0.25) is 0 Å². The van der Waals surface area contributed by atoms with Crippen molar-refractivity contribution < 1.29 is 5.11 Å². The molecule has 0 radical (unpaired) electrons. The van der Waals surface area contributed by atoms with Crippen LogP contribution in [0, 0.1) is 5.92 Å². The number of rotatable bonds is 5. The summed E-state index contributed by atoms with van der Waals surface area (Å²) in [5.41, 5.74) is 2.21. The fraction of sp³-hybridized carbons (Fsp3) is 0.600. The van der Waals surface area contributed by atoms with Gasteiger partial charge in [-0.1, -0.05) is 12.5 Å². The van der Waals surface area contributed by atoms with Crippen LogP contribution in [-0.2, 0) is 0 Å².